The van der Waals surface area contributed by atoms with Gasteiger partial charge >= 0.3 is 0 Å². The molecule has 60 valence electrons. The molecule has 0 radical (unpaired) electrons. The minimum Gasteiger partial charge on any atom is -0.402 e. The molecule has 1 aliphatic carbocycles. The fourth-order valence-electron chi connectivity index (χ4n) is 1.33. The summed E-state index contributed by atoms with van der Waals surface area (Å²) in [4.78, 5) is 0. The van der Waals surface area contributed by atoms with Gasteiger partial charge in [-0.3, -0.25) is 0 Å². The number of allylic oxidation sites excluding steroid dienone is 5. The number of rotatable bonds is 2. The van der Waals surface area contributed by atoms with E-state index >= 15 is 0 Å². The SMILES string of the molecule is C=C/C=C\C1=C(N)CCCC1. The van der Waals surface area contributed by atoms with Gasteiger partial charge in [0.05, 0.1) is 0 Å². The van der Waals surface area contributed by atoms with Crippen LogP contribution in [0.25, 0.3) is 0 Å². The highest BCUT2D eigenvalue weighted by molar-refractivity contribution is 5.27. The van der Waals surface area contributed by atoms with Gasteiger partial charge in [-0.05, 0) is 31.3 Å². The third-order valence-electron chi connectivity index (χ3n) is 1.99. The average Bonchev–Trinajstić information content (AvgIpc) is 2.03. The van der Waals surface area contributed by atoms with Crippen molar-refractivity contribution in [3.63, 3.8) is 0 Å². The number of hydrogen-bond acceptors (Lipinski definition) is 1. The zero-order valence-corrected chi connectivity index (χ0v) is 6.84. The van der Waals surface area contributed by atoms with E-state index in [1.807, 2.05) is 6.08 Å². The Morgan fingerprint density at radius 2 is 2.00 bits per heavy atom. The highest BCUT2D eigenvalue weighted by atomic mass is 14.6. The lowest BCUT2D eigenvalue weighted by Gasteiger charge is -2.13. The molecule has 0 atom stereocenters. The van der Waals surface area contributed by atoms with Crippen molar-refractivity contribution < 1.29 is 0 Å². The van der Waals surface area contributed by atoms with Gasteiger partial charge in [0.2, 0.25) is 0 Å². The van der Waals surface area contributed by atoms with Crippen molar-refractivity contribution >= 4 is 0 Å². The van der Waals surface area contributed by atoms with Crippen molar-refractivity contribution in [3.05, 3.63) is 36.1 Å². The molecule has 0 aliphatic heterocycles. The molecule has 0 heterocycles. The van der Waals surface area contributed by atoms with Crippen molar-refractivity contribution in [2.75, 3.05) is 0 Å². The molecule has 1 heteroatoms. The molecule has 0 bridgehead atoms. The lowest BCUT2D eigenvalue weighted by atomic mass is 9.96. The standard InChI is InChI=1S/C10H15N/c1-2-3-6-9-7-4-5-8-10(9)11/h2-3,6H,1,4-5,7-8,11H2/b6-3-. The van der Waals surface area contributed by atoms with Crippen molar-refractivity contribution in [1.82, 2.24) is 0 Å². The molecule has 0 aromatic heterocycles. The van der Waals surface area contributed by atoms with Crippen molar-refractivity contribution in [3.8, 4) is 0 Å². The van der Waals surface area contributed by atoms with Gasteiger partial charge in [0.25, 0.3) is 0 Å². The van der Waals surface area contributed by atoms with Gasteiger partial charge in [-0.2, -0.15) is 0 Å². The molecule has 0 fully saturated rings. The summed E-state index contributed by atoms with van der Waals surface area (Å²) in [5, 5.41) is 0. The fraction of sp³-hybridized carbons (Fsp3) is 0.400. The van der Waals surface area contributed by atoms with Crippen LogP contribution >= 0.6 is 0 Å². The van der Waals surface area contributed by atoms with Crippen molar-refractivity contribution in [1.29, 1.82) is 0 Å². The summed E-state index contributed by atoms with van der Waals surface area (Å²) in [6, 6.07) is 0. The van der Waals surface area contributed by atoms with Crippen LogP contribution < -0.4 is 5.73 Å². The molecular formula is C10H15N. The molecule has 1 nitrogen and oxygen atoms in total. The van der Waals surface area contributed by atoms with Gasteiger partial charge in [-0.1, -0.05) is 24.8 Å². The van der Waals surface area contributed by atoms with Gasteiger partial charge in [0.1, 0.15) is 0 Å². The van der Waals surface area contributed by atoms with Gasteiger partial charge < -0.3 is 5.73 Å². The summed E-state index contributed by atoms with van der Waals surface area (Å²) < 4.78 is 0. The number of nitrogens with two attached hydrogens (primary N) is 1. The first-order valence-electron chi connectivity index (χ1n) is 4.11. The van der Waals surface area contributed by atoms with Crippen LogP contribution in [0.15, 0.2) is 36.1 Å². The van der Waals surface area contributed by atoms with E-state index in [1.54, 1.807) is 6.08 Å². The fourth-order valence-corrected chi connectivity index (χ4v) is 1.33. The number of hydrogen-bond donors (Lipinski definition) is 1. The third kappa shape index (κ3) is 2.26. The molecule has 0 spiro atoms. The Hall–Kier alpha value is -0.980. The Kier molecular flexibility index (Phi) is 2.96. The van der Waals surface area contributed by atoms with Gasteiger partial charge in [-0.15, -0.1) is 0 Å². The summed E-state index contributed by atoms with van der Waals surface area (Å²) in [5.74, 6) is 0. The van der Waals surface area contributed by atoms with E-state index in [0.717, 1.165) is 18.5 Å². The Bertz CT molecular complexity index is 199. The molecule has 0 saturated carbocycles. The Labute approximate surface area is 68.3 Å². The zero-order chi connectivity index (χ0) is 8.10. The van der Waals surface area contributed by atoms with Crippen LogP contribution in [-0.2, 0) is 0 Å². The minimum absolute atomic E-state index is 1.06. The summed E-state index contributed by atoms with van der Waals surface area (Å²) in [6.45, 7) is 3.62. The predicted octanol–water partition coefficient (Wildman–Crippen LogP) is 2.52. The Morgan fingerprint density at radius 1 is 1.27 bits per heavy atom. The summed E-state index contributed by atoms with van der Waals surface area (Å²) in [5.41, 5.74) is 8.18. The highest BCUT2D eigenvalue weighted by Crippen LogP contribution is 2.21. The molecule has 1 aliphatic rings. The van der Waals surface area contributed by atoms with Gasteiger partial charge in [-0.25, -0.2) is 0 Å². The molecule has 0 aromatic rings. The van der Waals surface area contributed by atoms with Crippen LogP contribution in [0.1, 0.15) is 25.7 Å². The second-order valence-electron chi connectivity index (χ2n) is 2.85. The highest BCUT2D eigenvalue weighted by Gasteiger charge is 2.05. The topological polar surface area (TPSA) is 26.0 Å². The van der Waals surface area contributed by atoms with Crippen molar-refractivity contribution in [2.45, 2.75) is 25.7 Å². The molecule has 0 unspecified atom stereocenters. The molecule has 11 heavy (non-hydrogen) atoms. The predicted molar refractivity (Wildman–Crippen MR) is 49.0 cm³/mol. The summed E-state index contributed by atoms with van der Waals surface area (Å²) in [6.07, 6.45) is 10.5. The molecular weight excluding hydrogens is 134 g/mol. The van der Waals surface area contributed by atoms with Crippen LogP contribution in [0.5, 0.6) is 0 Å². The van der Waals surface area contributed by atoms with Gasteiger partial charge in [0, 0.05) is 5.70 Å². The Balaban J connectivity index is 2.66. The molecule has 0 aromatic carbocycles. The zero-order valence-electron chi connectivity index (χ0n) is 6.84. The molecule has 0 saturated heterocycles. The van der Waals surface area contributed by atoms with E-state index in [2.05, 4.69) is 12.7 Å². The van der Waals surface area contributed by atoms with E-state index in [4.69, 9.17) is 5.73 Å². The van der Waals surface area contributed by atoms with E-state index in [0.29, 0.717) is 0 Å². The van der Waals surface area contributed by atoms with Gasteiger partial charge in [0.15, 0.2) is 0 Å². The summed E-state index contributed by atoms with van der Waals surface area (Å²) >= 11 is 0. The first-order chi connectivity index (χ1) is 5.34. The van der Waals surface area contributed by atoms with E-state index < -0.39 is 0 Å². The third-order valence-corrected chi connectivity index (χ3v) is 1.99. The van der Waals surface area contributed by atoms with Crippen molar-refractivity contribution in [2.24, 2.45) is 5.73 Å². The van der Waals surface area contributed by atoms with Crippen LogP contribution in [0.4, 0.5) is 0 Å². The molecule has 0 amide bonds. The molecule has 2 N–H and O–H groups in total. The van der Waals surface area contributed by atoms with Crippen LogP contribution in [0, 0.1) is 0 Å². The smallest absolute Gasteiger partial charge is 0.0113 e. The van der Waals surface area contributed by atoms with E-state index in [1.165, 1.54) is 18.4 Å². The maximum absolute atomic E-state index is 5.81. The summed E-state index contributed by atoms with van der Waals surface area (Å²) in [7, 11) is 0. The first kappa shape index (κ1) is 8.12. The lowest BCUT2D eigenvalue weighted by Crippen LogP contribution is -2.05. The Morgan fingerprint density at radius 3 is 2.64 bits per heavy atom. The quantitative estimate of drug-likeness (QED) is 0.600. The monoisotopic (exact) mass is 149 g/mol. The van der Waals surface area contributed by atoms with Crippen LogP contribution in [0.3, 0.4) is 0 Å². The maximum Gasteiger partial charge on any atom is 0.0113 e. The molecule has 1 rings (SSSR count). The van der Waals surface area contributed by atoms with Crippen LogP contribution in [-0.4, -0.2) is 0 Å². The van der Waals surface area contributed by atoms with Crippen LogP contribution in [0.2, 0.25) is 0 Å². The van der Waals surface area contributed by atoms with E-state index in [-0.39, 0.29) is 0 Å². The largest absolute Gasteiger partial charge is 0.402 e. The lowest BCUT2D eigenvalue weighted by molar-refractivity contribution is 0.677. The van der Waals surface area contributed by atoms with E-state index in [9.17, 15) is 0 Å². The first-order valence-corrected chi connectivity index (χ1v) is 4.11. The second-order valence-corrected chi connectivity index (χ2v) is 2.85. The average molecular weight is 149 g/mol. The maximum atomic E-state index is 5.81. The normalized spacial score (nSPS) is 19.3. The minimum atomic E-state index is 1.06. The second kappa shape index (κ2) is 4.02.